The number of halogens is 3. The zero-order chi connectivity index (χ0) is 35.5. The zero-order valence-corrected chi connectivity index (χ0v) is 31.7. The Kier molecular flexibility index (Phi) is 16.3. The van der Waals surface area contributed by atoms with Gasteiger partial charge in [-0.2, -0.15) is 4.31 Å². The predicted molar refractivity (Wildman–Crippen MR) is 194 cm³/mol. The van der Waals surface area contributed by atoms with Crippen LogP contribution >= 0.6 is 11.6 Å². The minimum atomic E-state index is -3.26. The summed E-state index contributed by atoms with van der Waals surface area (Å²) < 4.78 is 51.2. The van der Waals surface area contributed by atoms with Crippen LogP contribution in [0.5, 0.6) is 0 Å². The molecule has 2 aliphatic heterocycles. The molecule has 3 fully saturated rings. The Balaban J connectivity index is 0.000000209. The molecule has 0 bridgehead atoms. The molecule has 1 aliphatic carbocycles. The zero-order valence-electron chi connectivity index (χ0n) is 30.1. The number of aryl methyl sites for hydroxylation is 1. The minimum Gasteiger partial charge on any atom is -0.378 e. The number of hydrogen-bond acceptors (Lipinski definition) is 5. The lowest BCUT2D eigenvalue weighted by Crippen LogP contribution is -2.47. The number of benzene rings is 2. The molecule has 10 heteroatoms. The summed E-state index contributed by atoms with van der Waals surface area (Å²) in [5, 5.41) is 11.1. The van der Waals surface area contributed by atoms with E-state index in [1.54, 1.807) is 35.5 Å². The van der Waals surface area contributed by atoms with Crippen LogP contribution in [-0.4, -0.2) is 78.2 Å². The van der Waals surface area contributed by atoms with Crippen molar-refractivity contribution in [3.05, 3.63) is 70.2 Å². The maximum Gasteiger partial charge on any atom is 0.218 e. The average molecular weight is 712 g/mol. The first-order chi connectivity index (χ1) is 22.7. The molecule has 48 heavy (non-hydrogen) atoms. The highest BCUT2D eigenvalue weighted by Gasteiger charge is 2.40. The molecule has 1 saturated carbocycles. The molecule has 4 unspecified atom stereocenters. The molecule has 0 radical (unpaired) electrons. The number of aliphatic hydroxyl groups is 1. The summed E-state index contributed by atoms with van der Waals surface area (Å²) >= 11 is 5.82. The fourth-order valence-electron chi connectivity index (χ4n) is 7.14. The van der Waals surface area contributed by atoms with Gasteiger partial charge < -0.3 is 10.0 Å². The maximum atomic E-state index is 12.6. The minimum absolute atomic E-state index is 0.0544. The molecule has 0 spiro atoms. The van der Waals surface area contributed by atoms with Crippen molar-refractivity contribution in [2.75, 3.05) is 26.2 Å². The average Bonchev–Trinajstić information content (AvgIpc) is 3.78. The second-order valence-electron chi connectivity index (χ2n) is 14.5. The quantitative estimate of drug-likeness (QED) is 0.267. The maximum absolute atomic E-state index is 12.6. The molecule has 3 aliphatic rings. The van der Waals surface area contributed by atoms with Gasteiger partial charge in [-0.25, -0.2) is 17.2 Å². The van der Waals surface area contributed by atoms with Gasteiger partial charge in [-0.3, -0.25) is 4.90 Å². The Morgan fingerprint density at radius 3 is 2.08 bits per heavy atom. The Labute approximate surface area is 294 Å². The van der Waals surface area contributed by atoms with E-state index in [9.17, 15) is 22.3 Å². The van der Waals surface area contributed by atoms with E-state index < -0.39 is 21.7 Å². The van der Waals surface area contributed by atoms with Crippen LogP contribution in [-0.2, 0) is 15.8 Å². The van der Waals surface area contributed by atoms with Crippen LogP contribution in [0.1, 0.15) is 110 Å². The number of rotatable bonds is 10. The summed E-state index contributed by atoms with van der Waals surface area (Å²) in [4.78, 5) is 4.97. The van der Waals surface area contributed by atoms with Gasteiger partial charge in [0.2, 0.25) is 10.0 Å². The molecular weight excluding hydrogens is 652 g/mol. The summed E-state index contributed by atoms with van der Waals surface area (Å²) in [6.45, 7) is 17.0. The second-order valence-corrected chi connectivity index (χ2v) is 16.8. The topological polar surface area (TPSA) is 64.1 Å². The number of nitrogens with zero attached hydrogens (tertiary/aromatic N) is 3. The van der Waals surface area contributed by atoms with E-state index in [0.29, 0.717) is 16.0 Å². The van der Waals surface area contributed by atoms with Crippen LogP contribution in [0.25, 0.3) is 0 Å². The van der Waals surface area contributed by atoms with Crippen LogP contribution < -0.4 is 0 Å². The summed E-state index contributed by atoms with van der Waals surface area (Å²) in [6, 6.07) is 11.4. The van der Waals surface area contributed by atoms with Crippen molar-refractivity contribution in [1.82, 2.24) is 14.1 Å². The SMILES string of the molecule is CC1CCCC(C)N1S(=O)(=O)Cc1ccc(Cl)cc1.CCCN(CC)C1CCCN(C(O)CC2(C)CC2)CC1.Cc1cc(F)cc(F)c1. The van der Waals surface area contributed by atoms with Crippen molar-refractivity contribution >= 4 is 21.6 Å². The van der Waals surface area contributed by atoms with E-state index in [-0.39, 0.29) is 24.1 Å². The van der Waals surface area contributed by atoms with Gasteiger partial charge in [-0.15, -0.1) is 0 Å². The molecule has 0 aromatic heterocycles. The summed E-state index contributed by atoms with van der Waals surface area (Å²) in [5.41, 5.74) is 1.84. The van der Waals surface area contributed by atoms with Crippen LogP contribution in [0.15, 0.2) is 42.5 Å². The van der Waals surface area contributed by atoms with Gasteiger partial charge in [0.15, 0.2) is 0 Å². The molecule has 4 atom stereocenters. The van der Waals surface area contributed by atoms with Crippen molar-refractivity contribution in [2.24, 2.45) is 5.41 Å². The van der Waals surface area contributed by atoms with Gasteiger partial charge in [-0.05, 0) is 132 Å². The first-order valence-corrected chi connectivity index (χ1v) is 20.0. The van der Waals surface area contributed by atoms with E-state index >= 15 is 0 Å². The van der Waals surface area contributed by atoms with Crippen LogP contribution in [0, 0.1) is 24.0 Å². The predicted octanol–water partition coefficient (Wildman–Crippen LogP) is 8.79. The van der Waals surface area contributed by atoms with Crippen molar-refractivity contribution < 1.29 is 22.3 Å². The largest absolute Gasteiger partial charge is 0.378 e. The highest BCUT2D eigenvalue weighted by atomic mass is 35.5. The van der Waals surface area contributed by atoms with Gasteiger partial charge in [0.25, 0.3) is 0 Å². The van der Waals surface area contributed by atoms with Gasteiger partial charge in [0, 0.05) is 42.3 Å². The number of piperidine rings is 1. The lowest BCUT2D eigenvalue weighted by molar-refractivity contribution is -0.0141. The van der Waals surface area contributed by atoms with Gasteiger partial charge >= 0.3 is 0 Å². The third-order valence-corrected chi connectivity index (χ3v) is 12.4. The van der Waals surface area contributed by atoms with E-state index in [1.165, 1.54) is 63.7 Å². The van der Waals surface area contributed by atoms with Crippen molar-refractivity contribution in [3.63, 3.8) is 0 Å². The van der Waals surface area contributed by atoms with E-state index in [0.717, 1.165) is 56.4 Å². The molecule has 5 rings (SSSR count). The number of hydrogen-bond donors (Lipinski definition) is 1. The molecule has 0 amide bonds. The first kappa shape index (κ1) is 40.8. The van der Waals surface area contributed by atoms with Gasteiger partial charge in [0.05, 0.1) is 5.75 Å². The Hall–Kier alpha value is -1.62. The standard InChI is InChI=1S/C17H34N2O.C14H20ClNO2S.C7H6F2/c1-4-11-18(5-2)15-7-6-12-19(13-8-15)16(20)14-17(3)9-10-17;1-11-4-3-5-12(2)16(11)19(17,18)10-13-6-8-14(15)9-7-13;1-5-2-6(8)4-7(9)3-5/h15-16,20H,4-14H2,1-3H3;6-9,11-12H,3-5,10H2,1-2H3;2-4H,1H3. The van der Waals surface area contributed by atoms with Crippen molar-refractivity contribution in [1.29, 1.82) is 0 Å². The fourth-order valence-corrected chi connectivity index (χ4v) is 9.34. The smallest absolute Gasteiger partial charge is 0.218 e. The van der Waals surface area contributed by atoms with Crippen LogP contribution in [0.2, 0.25) is 5.02 Å². The number of likely N-dealkylation sites (tertiary alicyclic amines) is 1. The van der Waals surface area contributed by atoms with E-state index in [1.807, 2.05) is 13.8 Å². The third-order valence-electron chi connectivity index (χ3n) is 10.1. The molecule has 2 aromatic rings. The normalized spacial score (nSPS) is 23.7. The Morgan fingerprint density at radius 1 is 0.958 bits per heavy atom. The van der Waals surface area contributed by atoms with E-state index in [4.69, 9.17) is 11.6 Å². The monoisotopic (exact) mass is 711 g/mol. The van der Waals surface area contributed by atoms with Crippen LogP contribution in [0.3, 0.4) is 0 Å². The first-order valence-electron chi connectivity index (χ1n) is 18.0. The van der Waals surface area contributed by atoms with Crippen molar-refractivity contribution in [3.8, 4) is 0 Å². The van der Waals surface area contributed by atoms with Crippen LogP contribution in [0.4, 0.5) is 8.78 Å². The number of aliphatic hydroxyl groups excluding tert-OH is 1. The Bertz CT molecular complexity index is 1300. The van der Waals surface area contributed by atoms with Gasteiger partial charge in [-0.1, -0.05) is 50.9 Å². The van der Waals surface area contributed by atoms with Gasteiger partial charge in [0.1, 0.15) is 17.9 Å². The lowest BCUT2D eigenvalue weighted by atomic mass is 10.0. The van der Waals surface area contributed by atoms with E-state index in [2.05, 4.69) is 30.6 Å². The fraction of sp³-hybridized carbons (Fsp3) is 0.684. The molecule has 6 nitrogen and oxygen atoms in total. The molecule has 272 valence electrons. The molecular formula is C38H60ClF2N3O3S. The Morgan fingerprint density at radius 2 is 1.56 bits per heavy atom. The lowest BCUT2D eigenvalue weighted by Gasteiger charge is -2.37. The highest BCUT2D eigenvalue weighted by molar-refractivity contribution is 7.88. The number of sulfonamides is 1. The molecule has 1 N–H and O–H groups in total. The second kappa shape index (κ2) is 19.1. The third kappa shape index (κ3) is 13.3. The summed E-state index contributed by atoms with van der Waals surface area (Å²) in [5.74, 6) is -0.987. The summed E-state index contributed by atoms with van der Waals surface area (Å²) in [7, 11) is -3.26. The molecule has 2 saturated heterocycles. The molecule has 2 aromatic carbocycles. The molecule has 2 heterocycles. The summed E-state index contributed by atoms with van der Waals surface area (Å²) in [6.07, 6.45) is 11.4. The highest BCUT2D eigenvalue weighted by Crippen LogP contribution is 2.49. The van der Waals surface area contributed by atoms with Crippen molar-refractivity contribution in [2.45, 2.75) is 136 Å².